The first-order valence-electron chi connectivity index (χ1n) is 14.3. The highest BCUT2D eigenvalue weighted by molar-refractivity contribution is 7.16. The lowest BCUT2D eigenvalue weighted by atomic mass is 10.0. The Kier molecular flexibility index (Phi) is 13.1. The maximum Gasteiger partial charge on any atom is 0.357 e. The van der Waals surface area contributed by atoms with Crippen molar-refractivity contribution in [1.82, 2.24) is 9.97 Å². The van der Waals surface area contributed by atoms with Crippen LogP contribution in [0.3, 0.4) is 0 Å². The molecular weight excluding hydrogens is 595 g/mol. The summed E-state index contributed by atoms with van der Waals surface area (Å²) in [6.45, 7) is 8.17. The molecule has 1 aromatic carbocycles. The SMILES string of the molecule is COC(=O)c1nc(Cl)sc1CCCOc1ccc(-c2ncc(CCCCCCCC(=O)OC(C)(C)C)cc2Cl)c(C)c1. The van der Waals surface area contributed by atoms with Crippen molar-refractivity contribution in [2.75, 3.05) is 13.7 Å². The van der Waals surface area contributed by atoms with E-state index in [2.05, 4.69) is 9.97 Å². The normalized spacial score (nSPS) is 11.4. The van der Waals surface area contributed by atoms with Gasteiger partial charge in [0.2, 0.25) is 0 Å². The number of nitrogens with zero attached hydrogens (tertiary/aromatic N) is 2. The van der Waals surface area contributed by atoms with Crippen LogP contribution in [0.2, 0.25) is 9.49 Å². The van der Waals surface area contributed by atoms with Gasteiger partial charge in [-0.05, 0) is 95.2 Å². The van der Waals surface area contributed by atoms with Crippen molar-refractivity contribution in [2.24, 2.45) is 0 Å². The van der Waals surface area contributed by atoms with E-state index >= 15 is 0 Å². The number of methoxy groups -OCH3 is 1. The molecule has 0 saturated carbocycles. The van der Waals surface area contributed by atoms with Gasteiger partial charge in [0.25, 0.3) is 0 Å². The number of hydrogen-bond donors (Lipinski definition) is 0. The second kappa shape index (κ2) is 16.2. The standard InChI is InChI=1S/C32H40Cl2N2O5S/c1-21-18-23(40-17-11-13-26-29(30(38)39-5)36-31(34)42-26)15-16-24(21)28-25(33)19-22(20-35-28)12-9-7-6-8-10-14-27(37)41-32(2,3)4/h15-16,18-20H,6-14,17H2,1-5H3. The highest BCUT2D eigenvalue weighted by Crippen LogP contribution is 2.32. The van der Waals surface area contributed by atoms with Gasteiger partial charge in [-0.2, -0.15) is 0 Å². The van der Waals surface area contributed by atoms with Crippen molar-refractivity contribution in [1.29, 1.82) is 0 Å². The molecule has 0 saturated heterocycles. The van der Waals surface area contributed by atoms with Gasteiger partial charge in [-0.3, -0.25) is 9.78 Å². The minimum absolute atomic E-state index is 0.119. The largest absolute Gasteiger partial charge is 0.494 e. The number of thiazole rings is 1. The van der Waals surface area contributed by atoms with Gasteiger partial charge in [0.15, 0.2) is 10.2 Å². The molecule has 2 aromatic heterocycles. The number of carbonyl (C=O) groups is 2. The summed E-state index contributed by atoms with van der Waals surface area (Å²) in [5, 5.41) is 0.631. The van der Waals surface area contributed by atoms with E-state index in [1.165, 1.54) is 18.4 Å². The van der Waals surface area contributed by atoms with Gasteiger partial charge in [-0.1, -0.05) is 42.5 Å². The van der Waals surface area contributed by atoms with Crippen LogP contribution in [0, 0.1) is 6.92 Å². The number of benzene rings is 1. The van der Waals surface area contributed by atoms with Crippen LogP contribution in [0.4, 0.5) is 0 Å². The fourth-order valence-corrected chi connectivity index (χ4v) is 5.96. The Balaban J connectivity index is 1.42. The lowest BCUT2D eigenvalue weighted by Crippen LogP contribution is -2.23. The molecule has 0 amide bonds. The smallest absolute Gasteiger partial charge is 0.357 e. The molecule has 2 heterocycles. The van der Waals surface area contributed by atoms with Crippen LogP contribution >= 0.6 is 34.5 Å². The summed E-state index contributed by atoms with van der Waals surface area (Å²) in [4.78, 5) is 33.2. The molecule has 0 fully saturated rings. The first-order valence-corrected chi connectivity index (χ1v) is 15.9. The Morgan fingerprint density at radius 2 is 1.71 bits per heavy atom. The van der Waals surface area contributed by atoms with Gasteiger partial charge in [0, 0.05) is 23.1 Å². The van der Waals surface area contributed by atoms with Crippen LogP contribution in [-0.2, 0) is 27.1 Å². The topological polar surface area (TPSA) is 87.6 Å². The van der Waals surface area contributed by atoms with Gasteiger partial charge in [-0.25, -0.2) is 9.78 Å². The highest BCUT2D eigenvalue weighted by Gasteiger charge is 2.18. The second-order valence-corrected chi connectivity index (χ2v) is 13.3. The maximum atomic E-state index is 11.9. The van der Waals surface area contributed by atoms with Gasteiger partial charge in [0.1, 0.15) is 11.4 Å². The minimum Gasteiger partial charge on any atom is -0.494 e. The van der Waals surface area contributed by atoms with Gasteiger partial charge in [-0.15, -0.1) is 11.3 Å². The maximum absolute atomic E-state index is 11.9. The summed E-state index contributed by atoms with van der Waals surface area (Å²) in [5.74, 6) is 0.154. The molecule has 0 atom stereocenters. The van der Waals surface area contributed by atoms with E-state index in [-0.39, 0.29) is 11.7 Å². The number of aryl methyl sites for hydroxylation is 3. The number of pyridine rings is 1. The summed E-state index contributed by atoms with van der Waals surface area (Å²) in [6, 6.07) is 7.88. The van der Waals surface area contributed by atoms with E-state index in [0.717, 1.165) is 71.5 Å². The summed E-state index contributed by atoms with van der Waals surface area (Å²) in [5.41, 5.74) is 3.71. The monoisotopic (exact) mass is 634 g/mol. The van der Waals surface area contributed by atoms with E-state index in [4.69, 9.17) is 37.4 Å². The zero-order chi connectivity index (χ0) is 30.7. The third-order valence-electron chi connectivity index (χ3n) is 6.48. The number of esters is 2. The highest BCUT2D eigenvalue weighted by atomic mass is 35.5. The molecule has 0 aliphatic rings. The fraction of sp³-hybridized carbons (Fsp3) is 0.500. The molecule has 10 heteroatoms. The number of hydrogen-bond acceptors (Lipinski definition) is 8. The Labute approximate surface area is 262 Å². The molecular formula is C32H40Cl2N2O5S. The Morgan fingerprint density at radius 3 is 2.40 bits per heavy atom. The van der Waals surface area contributed by atoms with E-state index in [9.17, 15) is 9.59 Å². The number of aromatic nitrogens is 2. The van der Waals surface area contributed by atoms with Crippen molar-refractivity contribution in [3.8, 4) is 17.0 Å². The minimum atomic E-state index is -0.482. The van der Waals surface area contributed by atoms with E-state index in [1.807, 2.05) is 58.2 Å². The predicted octanol–water partition coefficient (Wildman–Crippen LogP) is 8.84. The van der Waals surface area contributed by atoms with Crippen LogP contribution in [0.25, 0.3) is 11.3 Å². The molecule has 228 valence electrons. The van der Waals surface area contributed by atoms with Crippen molar-refractivity contribution >= 4 is 46.5 Å². The zero-order valence-corrected chi connectivity index (χ0v) is 27.4. The molecule has 0 radical (unpaired) electrons. The average Bonchev–Trinajstić information content (AvgIpc) is 3.30. The number of carbonyl (C=O) groups excluding carboxylic acids is 2. The van der Waals surface area contributed by atoms with Crippen LogP contribution in [0.5, 0.6) is 5.75 Å². The Hall–Kier alpha value is -2.68. The first-order chi connectivity index (χ1) is 20.0. The number of rotatable bonds is 15. The third kappa shape index (κ3) is 10.9. The fourth-order valence-electron chi connectivity index (χ4n) is 4.50. The van der Waals surface area contributed by atoms with Crippen LogP contribution in [0.15, 0.2) is 30.5 Å². The summed E-state index contributed by atoms with van der Waals surface area (Å²) >= 11 is 13.9. The predicted molar refractivity (Wildman–Crippen MR) is 169 cm³/mol. The van der Waals surface area contributed by atoms with Gasteiger partial charge in [0.05, 0.1) is 24.4 Å². The van der Waals surface area contributed by atoms with E-state index in [1.54, 1.807) is 0 Å². The van der Waals surface area contributed by atoms with Crippen LogP contribution in [-0.4, -0.2) is 41.2 Å². The van der Waals surface area contributed by atoms with Crippen molar-refractivity contribution in [3.63, 3.8) is 0 Å². The number of halogens is 2. The summed E-state index contributed by atoms with van der Waals surface area (Å²) < 4.78 is 16.4. The molecule has 0 bridgehead atoms. The van der Waals surface area contributed by atoms with Crippen LogP contribution in [0.1, 0.15) is 92.2 Å². The molecule has 0 unspecified atom stereocenters. The average molecular weight is 636 g/mol. The lowest BCUT2D eigenvalue weighted by molar-refractivity contribution is -0.154. The molecule has 0 N–H and O–H groups in total. The molecule has 42 heavy (non-hydrogen) atoms. The third-order valence-corrected chi connectivity index (χ3v) is 7.99. The first kappa shape index (κ1) is 33.8. The molecule has 7 nitrogen and oxygen atoms in total. The van der Waals surface area contributed by atoms with Crippen molar-refractivity contribution < 1.29 is 23.8 Å². The van der Waals surface area contributed by atoms with Gasteiger partial charge < -0.3 is 14.2 Å². The Bertz CT molecular complexity index is 1350. The van der Waals surface area contributed by atoms with E-state index < -0.39 is 11.6 Å². The number of unbranched alkanes of at least 4 members (excludes halogenated alkanes) is 4. The quantitative estimate of drug-likeness (QED) is 0.122. The van der Waals surface area contributed by atoms with Gasteiger partial charge >= 0.3 is 11.9 Å². The zero-order valence-electron chi connectivity index (χ0n) is 25.1. The molecule has 0 aliphatic carbocycles. The van der Waals surface area contributed by atoms with Crippen LogP contribution < -0.4 is 4.74 Å². The lowest BCUT2D eigenvalue weighted by Gasteiger charge is -2.19. The molecule has 0 spiro atoms. The summed E-state index contributed by atoms with van der Waals surface area (Å²) in [6.07, 6.45) is 9.73. The van der Waals surface area contributed by atoms with E-state index in [0.29, 0.717) is 35.4 Å². The number of ether oxygens (including phenoxy) is 3. The van der Waals surface area contributed by atoms with Crippen molar-refractivity contribution in [2.45, 2.75) is 91.1 Å². The summed E-state index contributed by atoms with van der Waals surface area (Å²) in [7, 11) is 1.33. The molecule has 0 aliphatic heterocycles. The molecule has 3 rings (SSSR count). The Morgan fingerprint density at radius 1 is 0.976 bits per heavy atom. The molecule has 3 aromatic rings. The van der Waals surface area contributed by atoms with Crippen molar-refractivity contribution in [3.05, 3.63) is 61.6 Å². The second-order valence-electron chi connectivity index (χ2n) is 11.2.